The van der Waals surface area contributed by atoms with Crippen LogP contribution in [0.25, 0.3) is 10.9 Å². The number of nitrogens with two attached hydrogens (primary N) is 1. The molecule has 0 saturated heterocycles. The first-order chi connectivity index (χ1) is 7.95. The summed E-state index contributed by atoms with van der Waals surface area (Å²) in [5.74, 6) is 2.51. The Morgan fingerprint density at radius 1 is 1.41 bits per heavy atom. The normalized spacial score (nSPS) is 11.5. The maximum absolute atomic E-state index is 11.6. The number of hydrogen-bond donors (Lipinski definition) is 1. The molecular weight excluding hydrogens is 236 g/mol. The maximum Gasteiger partial charge on any atom is 0.176 e. The molecule has 0 spiro atoms. The molecule has 0 amide bonds. The zero-order valence-electron chi connectivity index (χ0n) is 9.34. The predicted molar refractivity (Wildman–Crippen MR) is 68.3 cm³/mol. The fourth-order valence-corrected chi connectivity index (χ4v) is 2.76. The summed E-state index contributed by atoms with van der Waals surface area (Å²) in [6.45, 7) is 0.362. The molecule has 0 bridgehead atoms. The lowest BCUT2D eigenvalue weighted by molar-refractivity contribution is 0.602. The van der Waals surface area contributed by atoms with Crippen LogP contribution in [0.4, 0.5) is 5.69 Å². The Bertz CT molecular complexity index is 721. The van der Waals surface area contributed by atoms with Crippen molar-refractivity contribution in [1.29, 1.82) is 0 Å². The van der Waals surface area contributed by atoms with Gasteiger partial charge in [-0.3, -0.25) is 0 Å². The van der Waals surface area contributed by atoms with Gasteiger partial charge in [-0.25, -0.2) is 8.42 Å². The minimum Gasteiger partial charge on any atom is -0.397 e. The second-order valence-corrected chi connectivity index (χ2v) is 5.82. The van der Waals surface area contributed by atoms with Gasteiger partial charge in [-0.05, 0) is 18.2 Å². The van der Waals surface area contributed by atoms with Gasteiger partial charge in [0.2, 0.25) is 0 Å². The zero-order chi connectivity index (χ0) is 12.6. The summed E-state index contributed by atoms with van der Waals surface area (Å²) >= 11 is 0. The van der Waals surface area contributed by atoms with Crippen LogP contribution >= 0.6 is 0 Å². The summed E-state index contributed by atoms with van der Waals surface area (Å²) in [5, 5.41) is 0.614. The molecule has 4 nitrogen and oxygen atoms in total. The van der Waals surface area contributed by atoms with E-state index in [9.17, 15) is 8.42 Å². The first kappa shape index (κ1) is 11.6. The van der Waals surface area contributed by atoms with E-state index in [0.717, 1.165) is 0 Å². The summed E-state index contributed by atoms with van der Waals surface area (Å²) < 4.78 is 25.0. The van der Waals surface area contributed by atoms with Crippen molar-refractivity contribution in [2.45, 2.75) is 11.4 Å². The van der Waals surface area contributed by atoms with E-state index in [-0.39, 0.29) is 4.90 Å². The molecule has 0 fully saturated rings. The number of terminal acetylenes is 1. The average molecular weight is 248 g/mol. The highest BCUT2D eigenvalue weighted by Gasteiger charge is 2.15. The van der Waals surface area contributed by atoms with Gasteiger partial charge < -0.3 is 10.3 Å². The third-order valence-electron chi connectivity index (χ3n) is 2.58. The second kappa shape index (κ2) is 3.82. The highest BCUT2D eigenvalue weighted by atomic mass is 32.2. The van der Waals surface area contributed by atoms with E-state index >= 15 is 0 Å². The van der Waals surface area contributed by atoms with E-state index in [1.165, 1.54) is 12.3 Å². The number of nitrogen functional groups attached to an aromatic ring is 1. The van der Waals surface area contributed by atoms with E-state index < -0.39 is 9.84 Å². The molecule has 1 aromatic carbocycles. The van der Waals surface area contributed by atoms with Gasteiger partial charge >= 0.3 is 0 Å². The Morgan fingerprint density at radius 2 is 2.12 bits per heavy atom. The number of anilines is 1. The van der Waals surface area contributed by atoms with Crippen LogP contribution < -0.4 is 5.73 Å². The largest absolute Gasteiger partial charge is 0.397 e. The summed E-state index contributed by atoms with van der Waals surface area (Å²) in [4.78, 5) is 0.275. The maximum atomic E-state index is 11.6. The highest BCUT2D eigenvalue weighted by molar-refractivity contribution is 7.91. The Balaban J connectivity index is 2.86. The van der Waals surface area contributed by atoms with E-state index in [2.05, 4.69) is 5.92 Å². The lowest BCUT2D eigenvalue weighted by Crippen LogP contribution is -2.01. The van der Waals surface area contributed by atoms with Gasteiger partial charge in [0.1, 0.15) is 0 Å². The van der Waals surface area contributed by atoms with Gasteiger partial charge in [-0.1, -0.05) is 5.92 Å². The topological polar surface area (TPSA) is 65.1 Å². The average Bonchev–Trinajstić information content (AvgIpc) is 2.62. The molecule has 0 saturated carbocycles. The molecule has 1 aromatic heterocycles. The van der Waals surface area contributed by atoms with Crippen LogP contribution in [0, 0.1) is 12.3 Å². The Morgan fingerprint density at radius 3 is 2.71 bits per heavy atom. The molecule has 0 unspecified atom stereocenters. The van der Waals surface area contributed by atoms with Gasteiger partial charge in [0.25, 0.3) is 0 Å². The van der Waals surface area contributed by atoms with Gasteiger partial charge in [0.05, 0.1) is 22.6 Å². The second-order valence-electron chi connectivity index (χ2n) is 3.84. The van der Waals surface area contributed by atoms with Gasteiger partial charge in [0, 0.05) is 17.8 Å². The number of hydrogen-bond acceptors (Lipinski definition) is 3. The minimum absolute atomic E-state index is 0.275. The van der Waals surface area contributed by atoms with Crippen LogP contribution in [0.2, 0.25) is 0 Å². The Labute approximate surface area is 100.0 Å². The molecule has 2 N–H and O–H groups in total. The van der Waals surface area contributed by atoms with E-state index in [1.807, 2.05) is 0 Å². The van der Waals surface area contributed by atoms with Crippen LogP contribution in [0.15, 0.2) is 29.3 Å². The fraction of sp³-hybridized carbons (Fsp3) is 0.167. The molecule has 1 heterocycles. The molecule has 17 heavy (non-hydrogen) atoms. The molecule has 2 aromatic rings. The molecule has 5 heteroatoms. The lowest BCUT2D eigenvalue weighted by Gasteiger charge is -2.06. The molecular formula is C12H12N2O2S. The van der Waals surface area contributed by atoms with Gasteiger partial charge in [0.15, 0.2) is 9.84 Å². The molecule has 2 rings (SSSR count). The first-order valence-electron chi connectivity index (χ1n) is 4.96. The van der Waals surface area contributed by atoms with Crippen LogP contribution in [-0.2, 0) is 16.4 Å². The van der Waals surface area contributed by atoms with Crippen LogP contribution in [-0.4, -0.2) is 19.2 Å². The molecule has 0 aliphatic carbocycles. The van der Waals surface area contributed by atoms with Crippen molar-refractivity contribution in [1.82, 2.24) is 4.57 Å². The van der Waals surface area contributed by atoms with Gasteiger partial charge in [-0.15, -0.1) is 6.42 Å². The number of nitrogens with zero attached hydrogens (tertiary/aromatic N) is 1. The van der Waals surface area contributed by atoms with E-state index in [1.54, 1.807) is 22.9 Å². The number of rotatable bonds is 2. The highest BCUT2D eigenvalue weighted by Crippen LogP contribution is 2.28. The number of benzene rings is 1. The minimum atomic E-state index is -3.27. The van der Waals surface area contributed by atoms with E-state index in [4.69, 9.17) is 12.2 Å². The van der Waals surface area contributed by atoms with E-state index in [0.29, 0.717) is 23.1 Å². The molecule has 0 atom stereocenters. The van der Waals surface area contributed by atoms with Crippen molar-refractivity contribution in [3.8, 4) is 12.3 Å². The Kier molecular flexibility index (Phi) is 2.60. The molecule has 88 valence electrons. The quantitative estimate of drug-likeness (QED) is 0.642. The molecule has 0 aliphatic heterocycles. The first-order valence-corrected chi connectivity index (χ1v) is 6.85. The molecule has 0 aliphatic rings. The number of sulfone groups is 1. The van der Waals surface area contributed by atoms with Crippen molar-refractivity contribution < 1.29 is 8.42 Å². The molecule has 0 radical (unpaired) electrons. The summed E-state index contributed by atoms with van der Waals surface area (Å²) in [7, 11) is -3.27. The van der Waals surface area contributed by atoms with Crippen LogP contribution in [0.3, 0.4) is 0 Å². The monoisotopic (exact) mass is 248 g/mol. The fourth-order valence-electron chi connectivity index (χ4n) is 1.88. The van der Waals surface area contributed by atoms with Crippen LogP contribution in [0.5, 0.6) is 0 Å². The standard InChI is InChI=1S/C12H12N2O2S/c1-3-7-14-8-6-9-11(17(2,15)16)5-4-10(13)12(9)14/h1,4-6,8H,7,13H2,2H3. The van der Waals surface area contributed by atoms with Crippen molar-refractivity contribution in [3.63, 3.8) is 0 Å². The third kappa shape index (κ3) is 1.87. The number of fused-ring (bicyclic) bond motifs is 1. The summed E-state index contributed by atoms with van der Waals surface area (Å²) in [6, 6.07) is 4.83. The predicted octanol–water partition coefficient (Wildman–Crippen LogP) is 1.26. The third-order valence-corrected chi connectivity index (χ3v) is 3.73. The van der Waals surface area contributed by atoms with Gasteiger partial charge in [-0.2, -0.15) is 0 Å². The van der Waals surface area contributed by atoms with Crippen LogP contribution in [0.1, 0.15) is 0 Å². The van der Waals surface area contributed by atoms with Crippen molar-refractivity contribution >= 4 is 26.4 Å². The summed E-state index contributed by atoms with van der Waals surface area (Å²) in [6.07, 6.45) is 8.18. The smallest absolute Gasteiger partial charge is 0.176 e. The number of aromatic nitrogens is 1. The van der Waals surface area contributed by atoms with Crippen molar-refractivity contribution in [3.05, 3.63) is 24.4 Å². The Hall–Kier alpha value is -1.93. The lowest BCUT2D eigenvalue weighted by atomic mass is 10.2. The van der Waals surface area contributed by atoms with Crippen molar-refractivity contribution in [2.75, 3.05) is 12.0 Å². The van der Waals surface area contributed by atoms with Crippen molar-refractivity contribution in [2.24, 2.45) is 0 Å². The summed E-state index contributed by atoms with van der Waals surface area (Å²) in [5.41, 5.74) is 7.05. The SMILES string of the molecule is C#CCn1ccc2c(S(C)(=O)=O)ccc(N)c21. The zero-order valence-corrected chi connectivity index (χ0v) is 10.2.